The van der Waals surface area contributed by atoms with Gasteiger partial charge in [0.2, 0.25) is 0 Å². The van der Waals surface area contributed by atoms with E-state index in [0.29, 0.717) is 18.0 Å². The Morgan fingerprint density at radius 2 is 1.81 bits per heavy atom. The molecule has 2 heterocycles. The third-order valence-corrected chi connectivity index (χ3v) is 6.46. The van der Waals surface area contributed by atoms with Crippen LogP contribution in [0.5, 0.6) is 5.75 Å². The van der Waals surface area contributed by atoms with Crippen LogP contribution in [0.1, 0.15) is 36.4 Å². The Hall–Kier alpha value is -3.06. The van der Waals surface area contributed by atoms with E-state index in [1.54, 1.807) is 18.2 Å². The second kappa shape index (κ2) is 10.0. The minimum atomic E-state index is -0.692. The van der Waals surface area contributed by atoms with Crippen molar-refractivity contribution < 1.29 is 14.3 Å². The summed E-state index contributed by atoms with van der Waals surface area (Å²) in [5.41, 5.74) is 4.32. The van der Waals surface area contributed by atoms with E-state index in [0.717, 1.165) is 38.9 Å². The molecule has 32 heavy (non-hydrogen) atoms. The number of hydrogen-bond acceptors (Lipinski definition) is 5. The topological polar surface area (TPSA) is 73.9 Å². The number of amides is 2. The summed E-state index contributed by atoms with van der Waals surface area (Å²) in [5, 5.41) is 5.52. The van der Waals surface area contributed by atoms with E-state index >= 15 is 0 Å². The van der Waals surface area contributed by atoms with Crippen LogP contribution in [0.25, 0.3) is 0 Å². The Kier molecular flexibility index (Phi) is 6.95. The predicted octanol–water partition coefficient (Wildman–Crippen LogP) is 2.97. The van der Waals surface area contributed by atoms with Crippen LogP contribution in [-0.2, 0) is 16.0 Å². The minimum Gasteiger partial charge on any atom is -0.495 e. The number of carbonyl (C=O) groups is 2. The fourth-order valence-electron chi connectivity index (χ4n) is 4.68. The van der Waals surface area contributed by atoms with E-state index in [1.165, 1.54) is 30.3 Å². The third-order valence-electron chi connectivity index (χ3n) is 6.46. The van der Waals surface area contributed by atoms with E-state index in [-0.39, 0.29) is 6.04 Å². The fourth-order valence-corrected chi connectivity index (χ4v) is 4.68. The van der Waals surface area contributed by atoms with Crippen LogP contribution in [0.4, 0.5) is 11.4 Å². The Labute approximate surface area is 189 Å². The highest BCUT2D eigenvalue weighted by atomic mass is 16.5. The van der Waals surface area contributed by atoms with Crippen molar-refractivity contribution in [2.45, 2.75) is 31.7 Å². The average molecular weight is 437 g/mol. The number of benzene rings is 2. The Morgan fingerprint density at radius 3 is 2.59 bits per heavy atom. The Balaban J connectivity index is 1.45. The molecule has 0 radical (unpaired) electrons. The fraction of sp³-hybridized carbons (Fsp3) is 0.440. The zero-order chi connectivity index (χ0) is 22.5. The van der Waals surface area contributed by atoms with Crippen LogP contribution in [0, 0.1) is 0 Å². The van der Waals surface area contributed by atoms with E-state index in [1.807, 2.05) is 6.07 Å². The minimum absolute atomic E-state index is 0.0505. The first kappa shape index (κ1) is 22.1. The number of rotatable bonds is 6. The van der Waals surface area contributed by atoms with Crippen LogP contribution in [0.15, 0.2) is 42.5 Å². The maximum Gasteiger partial charge on any atom is 0.313 e. The summed E-state index contributed by atoms with van der Waals surface area (Å²) >= 11 is 0. The van der Waals surface area contributed by atoms with Crippen molar-refractivity contribution in [2.75, 3.05) is 50.6 Å². The van der Waals surface area contributed by atoms with E-state index < -0.39 is 11.8 Å². The largest absolute Gasteiger partial charge is 0.495 e. The van der Waals surface area contributed by atoms with Crippen molar-refractivity contribution in [3.05, 3.63) is 53.6 Å². The molecule has 0 unspecified atom stereocenters. The number of likely N-dealkylation sites (tertiary alicyclic amines) is 1. The lowest BCUT2D eigenvalue weighted by Gasteiger charge is -2.35. The molecule has 7 heteroatoms. The molecular weight excluding hydrogens is 404 g/mol. The van der Waals surface area contributed by atoms with Gasteiger partial charge in [0.05, 0.1) is 18.8 Å². The molecule has 170 valence electrons. The van der Waals surface area contributed by atoms with Gasteiger partial charge >= 0.3 is 11.8 Å². The van der Waals surface area contributed by atoms with Crippen molar-refractivity contribution in [3.8, 4) is 5.75 Å². The number of fused-ring (bicyclic) bond motifs is 1. The molecule has 2 aromatic rings. The summed E-state index contributed by atoms with van der Waals surface area (Å²) in [6.45, 7) is 3.44. The van der Waals surface area contributed by atoms with E-state index in [9.17, 15) is 9.59 Å². The molecule has 2 aliphatic heterocycles. The van der Waals surface area contributed by atoms with Gasteiger partial charge in [0.15, 0.2) is 0 Å². The monoisotopic (exact) mass is 436 g/mol. The van der Waals surface area contributed by atoms with Crippen LogP contribution < -0.4 is 20.3 Å². The molecule has 2 N–H and O–H groups in total. The van der Waals surface area contributed by atoms with Gasteiger partial charge in [-0.1, -0.05) is 30.7 Å². The number of para-hydroxylation sites is 2. The third kappa shape index (κ3) is 4.88. The van der Waals surface area contributed by atoms with Crippen molar-refractivity contribution in [3.63, 3.8) is 0 Å². The van der Waals surface area contributed by atoms with Crippen LogP contribution in [0.2, 0.25) is 0 Å². The smallest absolute Gasteiger partial charge is 0.313 e. The Bertz CT molecular complexity index is 971. The molecule has 0 saturated carbocycles. The number of piperidine rings is 1. The number of hydrogen-bond donors (Lipinski definition) is 2. The number of likely N-dealkylation sites (N-methyl/N-ethyl adjacent to an activating group) is 1. The zero-order valence-electron chi connectivity index (χ0n) is 18.9. The van der Waals surface area contributed by atoms with Crippen molar-refractivity contribution >= 4 is 23.2 Å². The molecule has 1 atom stereocenters. The van der Waals surface area contributed by atoms with Gasteiger partial charge in [-0.25, -0.2) is 0 Å². The highest BCUT2D eigenvalue weighted by Gasteiger charge is 2.26. The van der Waals surface area contributed by atoms with Crippen molar-refractivity contribution in [1.29, 1.82) is 0 Å². The second-order valence-electron chi connectivity index (χ2n) is 8.54. The molecule has 4 rings (SSSR count). The lowest BCUT2D eigenvalue weighted by molar-refractivity contribution is -0.136. The SMILES string of the molecule is COc1ccccc1NC(=O)C(=O)NC[C@@H](c1ccc2c(c1)CCN2C)N1CCCCC1. The number of ether oxygens (including phenoxy) is 1. The van der Waals surface area contributed by atoms with Gasteiger partial charge in [0.25, 0.3) is 0 Å². The molecule has 1 saturated heterocycles. The van der Waals surface area contributed by atoms with Gasteiger partial charge in [0.1, 0.15) is 5.75 Å². The molecule has 2 amide bonds. The molecule has 0 spiro atoms. The summed E-state index contributed by atoms with van der Waals surface area (Å²) < 4.78 is 5.25. The van der Waals surface area contributed by atoms with Crippen molar-refractivity contribution in [1.82, 2.24) is 10.2 Å². The van der Waals surface area contributed by atoms with Crippen LogP contribution >= 0.6 is 0 Å². The van der Waals surface area contributed by atoms with Crippen molar-refractivity contribution in [2.24, 2.45) is 0 Å². The highest BCUT2D eigenvalue weighted by Crippen LogP contribution is 2.32. The highest BCUT2D eigenvalue weighted by molar-refractivity contribution is 6.39. The lowest BCUT2D eigenvalue weighted by Crippen LogP contribution is -2.43. The first-order valence-corrected chi connectivity index (χ1v) is 11.4. The first-order chi connectivity index (χ1) is 15.6. The first-order valence-electron chi connectivity index (χ1n) is 11.4. The molecule has 2 aliphatic rings. The maximum atomic E-state index is 12.6. The van der Waals surface area contributed by atoms with Crippen LogP contribution in [0.3, 0.4) is 0 Å². The predicted molar refractivity (Wildman–Crippen MR) is 126 cm³/mol. The van der Waals surface area contributed by atoms with E-state index in [2.05, 4.69) is 45.7 Å². The summed E-state index contributed by atoms with van der Waals surface area (Å²) in [7, 11) is 3.65. The number of carbonyl (C=O) groups excluding carboxylic acids is 2. The maximum absolute atomic E-state index is 12.6. The number of nitrogens with zero attached hydrogens (tertiary/aromatic N) is 2. The van der Waals surface area contributed by atoms with Gasteiger partial charge in [-0.05, 0) is 61.7 Å². The molecule has 0 aliphatic carbocycles. The van der Waals surface area contributed by atoms with Gasteiger partial charge in [0, 0.05) is 25.8 Å². The summed E-state index contributed by atoms with van der Waals surface area (Å²) in [4.78, 5) is 29.8. The molecule has 0 bridgehead atoms. The molecule has 7 nitrogen and oxygen atoms in total. The molecular formula is C25H32N4O3. The summed E-state index contributed by atoms with van der Waals surface area (Å²) in [6, 6.07) is 13.7. The van der Waals surface area contributed by atoms with Gasteiger partial charge in [-0.3, -0.25) is 14.5 Å². The van der Waals surface area contributed by atoms with E-state index in [4.69, 9.17) is 4.74 Å². The number of nitrogens with one attached hydrogen (secondary N) is 2. The standard InChI is InChI=1S/C25H32N4O3/c1-28-15-12-19-16-18(10-11-21(19)28)22(29-13-6-3-7-14-29)17-26-24(30)25(31)27-20-8-4-5-9-23(20)32-2/h4-5,8-11,16,22H,3,6-7,12-15,17H2,1-2H3,(H,26,30)(H,27,31)/t22-/m0/s1. The summed E-state index contributed by atoms with van der Waals surface area (Å²) in [6.07, 6.45) is 4.60. The number of anilines is 2. The average Bonchev–Trinajstić information content (AvgIpc) is 3.20. The second-order valence-corrected chi connectivity index (χ2v) is 8.54. The van der Waals surface area contributed by atoms with Gasteiger partial charge in [-0.15, -0.1) is 0 Å². The van der Waals surface area contributed by atoms with Gasteiger partial charge < -0.3 is 20.3 Å². The normalized spacial score (nSPS) is 16.9. The zero-order valence-corrected chi connectivity index (χ0v) is 18.9. The molecule has 1 fully saturated rings. The lowest BCUT2D eigenvalue weighted by atomic mass is 9.98. The molecule has 0 aromatic heterocycles. The summed E-state index contributed by atoms with van der Waals surface area (Å²) in [5.74, 6) is -0.816. The quantitative estimate of drug-likeness (QED) is 0.681. The molecule has 2 aromatic carbocycles. The van der Waals surface area contributed by atoms with Gasteiger partial charge in [-0.2, -0.15) is 0 Å². The van der Waals surface area contributed by atoms with Crippen LogP contribution in [-0.4, -0.2) is 57.1 Å². The Morgan fingerprint density at radius 1 is 1.03 bits per heavy atom. The number of methoxy groups -OCH3 is 1.